The number of aromatic nitrogens is 2. The molecule has 0 saturated heterocycles. The van der Waals surface area contributed by atoms with Crippen molar-refractivity contribution in [3.63, 3.8) is 0 Å². The van der Waals surface area contributed by atoms with Gasteiger partial charge in [0.05, 0.1) is 6.20 Å². The maximum Gasteiger partial charge on any atom is 0.0522 e. The highest BCUT2D eigenvalue weighted by Crippen LogP contribution is 2.23. The molecule has 1 unspecified atom stereocenters. The van der Waals surface area contributed by atoms with Gasteiger partial charge in [0.15, 0.2) is 0 Å². The normalized spacial score (nSPS) is 18.2. The lowest BCUT2D eigenvalue weighted by atomic mass is 9.99. The third kappa shape index (κ3) is 3.52. The van der Waals surface area contributed by atoms with Crippen molar-refractivity contribution in [3.05, 3.63) is 52.8 Å². The van der Waals surface area contributed by atoms with Crippen molar-refractivity contribution >= 4 is 0 Å². The van der Waals surface area contributed by atoms with Gasteiger partial charge in [0.2, 0.25) is 0 Å². The molecule has 3 N–H and O–H groups in total. The average Bonchev–Trinajstić information content (AvgIpc) is 2.80. The number of fused-ring (bicyclic) bond motifs is 1. The van der Waals surface area contributed by atoms with E-state index in [0.29, 0.717) is 6.04 Å². The molecule has 4 nitrogen and oxygen atoms in total. The molecular weight excluding hydrogens is 260 g/mol. The number of H-pyrrole nitrogens is 1. The zero-order valence-electron chi connectivity index (χ0n) is 12.7. The molecule has 1 aliphatic rings. The predicted octanol–water partition coefficient (Wildman–Crippen LogP) is 2.47. The van der Waals surface area contributed by atoms with Crippen LogP contribution in [0.15, 0.2) is 30.5 Å². The minimum Gasteiger partial charge on any atom is -0.313 e. The summed E-state index contributed by atoms with van der Waals surface area (Å²) in [5, 5.41) is 14.3. The first-order valence-electron chi connectivity index (χ1n) is 7.85. The van der Waals surface area contributed by atoms with Gasteiger partial charge in [0.25, 0.3) is 0 Å². The third-order valence-corrected chi connectivity index (χ3v) is 4.30. The van der Waals surface area contributed by atoms with Gasteiger partial charge in [0, 0.05) is 18.3 Å². The Morgan fingerprint density at radius 2 is 2.24 bits per heavy atom. The van der Waals surface area contributed by atoms with Crippen LogP contribution < -0.4 is 10.6 Å². The van der Waals surface area contributed by atoms with E-state index in [2.05, 4.69) is 52.0 Å². The van der Waals surface area contributed by atoms with E-state index >= 15 is 0 Å². The summed E-state index contributed by atoms with van der Waals surface area (Å²) in [6.07, 6.45) is 5.33. The fourth-order valence-electron chi connectivity index (χ4n) is 3.05. The van der Waals surface area contributed by atoms with Gasteiger partial charge in [-0.25, -0.2) is 0 Å². The molecule has 2 aromatic rings. The quantitative estimate of drug-likeness (QED) is 0.739. The Labute approximate surface area is 126 Å². The molecule has 3 rings (SSSR count). The van der Waals surface area contributed by atoms with Crippen LogP contribution in [0.4, 0.5) is 0 Å². The predicted molar refractivity (Wildman–Crippen MR) is 85.2 cm³/mol. The SMILES string of the molecule is Cc1[nH]ncc1CCCNC1CCNCc2ccccc21. The molecule has 21 heavy (non-hydrogen) atoms. The highest BCUT2D eigenvalue weighted by molar-refractivity contribution is 5.31. The van der Waals surface area contributed by atoms with E-state index in [4.69, 9.17) is 0 Å². The highest BCUT2D eigenvalue weighted by atomic mass is 15.1. The molecule has 0 amide bonds. The lowest BCUT2D eigenvalue weighted by molar-refractivity contribution is 0.490. The van der Waals surface area contributed by atoms with E-state index in [1.54, 1.807) is 0 Å². The maximum absolute atomic E-state index is 4.08. The van der Waals surface area contributed by atoms with Crippen molar-refractivity contribution < 1.29 is 0 Å². The monoisotopic (exact) mass is 284 g/mol. The summed E-state index contributed by atoms with van der Waals surface area (Å²) >= 11 is 0. The van der Waals surface area contributed by atoms with Gasteiger partial charge < -0.3 is 10.6 Å². The first-order valence-corrected chi connectivity index (χ1v) is 7.85. The van der Waals surface area contributed by atoms with Gasteiger partial charge in [-0.1, -0.05) is 24.3 Å². The van der Waals surface area contributed by atoms with Crippen LogP contribution in [0, 0.1) is 6.92 Å². The smallest absolute Gasteiger partial charge is 0.0522 e. The standard InChI is InChI=1S/C17H24N4/c1-13-14(12-20-21-13)6-4-9-19-17-8-10-18-11-15-5-2-3-7-16(15)17/h2-3,5,7,12,17-19H,4,6,8-11H2,1H3,(H,20,21). The fourth-order valence-corrected chi connectivity index (χ4v) is 3.05. The highest BCUT2D eigenvalue weighted by Gasteiger charge is 2.17. The molecule has 0 radical (unpaired) electrons. The number of benzene rings is 1. The summed E-state index contributed by atoms with van der Waals surface area (Å²) in [4.78, 5) is 0. The Morgan fingerprint density at radius 1 is 1.33 bits per heavy atom. The maximum atomic E-state index is 4.08. The van der Waals surface area contributed by atoms with Crippen LogP contribution in [0.1, 0.15) is 41.3 Å². The van der Waals surface area contributed by atoms with Gasteiger partial charge in [-0.05, 0) is 56.0 Å². The van der Waals surface area contributed by atoms with E-state index < -0.39 is 0 Å². The lowest BCUT2D eigenvalue weighted by Gasteiger charge is -2.19. The molecule has 0 saturated carbocycles. The number of nitrogens with zero attached hydrogens (tertiary/aromatic N) is 1. The summed E-state index contributed by atoms with van der Waals surface area (Å²) in [5.74, 6) is 0. The first kappa shape index (κ1) is 14.3. The number of hydrogen-bond donors (Lipinski definition) is 3. The molecule has 0 bridgehead atoms. The van der Waals surface area contributed by atoms with Crippen LogP contribution in [0.5, 0.6) is 0 Å². The van der Waals surface area contributed by atoms with E-state index in [0.717, 1.165) is 38.9 Å². The largest absolute Gasteiger partial charge is 0.313 e. The molecule has 2 heterocycles. The molecule has 1 aromatic heterocycles. The second kappa shape index (κ2) is 6.87. The average molecular weight is 284 g/mol. The van der Waals surface area contributed by atoms with Crippen LogP contribution in [-0.2, 0) is 13.0 Å². The summed E-state index contributed by atoms with van der Waals surface area (Å²) < 4.78 is 0. The van der Waals surface area contributed by atoms with Crippen LogP contribution in [0.2, 0.25) is 0 Å². The van der Waals surface area contributed by atoms with Crippen molar-refractivity contribution in [3.8, 4) is 0 Å². The molecule has 112 valence electrons. The molecule has 1 aromatic carbocycles. The number of aryl methyl sites for hydroxylation is 2. The zero-order valence-corrected chi connectivity index (χ0v) is 12.7. The summed E-state index contributed by atoms with van der Waals surface area (Å²) in [7, 11) is 0. The number of aromatic amines is 1. The lowest BCUT2D eigenvalue weighted by Crippen LogP contribution is -2.24. The van der Waals surface area contributed by atoms with E-state index in [1.165, 1.54) is 22.4 Å². The topological polar surface area (TPSA) is 52.7 Å². The second-order valence-electron chi connectivity index (χ2n) is 5.79. The summed E-state index contributed by atoms with van der Waals surface area (Å²) in [6, 6.07) is 9.25. The van der Waals surface area contributed by atoms with Crippen molar-refractivity contribution in [2.24, 2.45) is 0 Å². The molecule has 1 atom stereocenters. The number of hydrogen-bond acceptors (Lipinski definition) is 3. The zero-order chi connectivity index (χ0) is 14.5. The van der Waals surface area contributed by atoms with Gasteiger partial charge in [-0.15, -0.1) is 0 Å². The Balaban J connectivity index is 1.54. The van der Waals surface area contributed by atoms with Crippen molar-refractivity contribution in [1.29, 1.82) is 0 Å². The summed E-state index contributed by atoms with van der Waals surface area (Å²) in [5.41, 5.74) is 5.42. The van der Waals surface area contributed by atoms with Crippen LogP contribution in [-0.4, -0.2) is 23.3 Å². The molecular formula is C17H24N4. The first-order chi connectivity index (χ1) is 10.3. The van der Waals surface area contributed by atoms with E-state index in [-0.39, 0.29) is 0 Å². The molecule has 0 aliphatic carbocycles. The molecule has 0 spiro atoms. The van der Waals surface area contributed by atoms with E-state index in [1.807, 2.05) is 6.20 Å². The Bertz CT molecular complexity index is 576. The molecule has 1 aliphatic heterocycles. The minimum atomic E-state index is 0.474. The Hall–Kier alpha value is -1.65. The second-order valence-corrected chi connectivity index (χ2v) is 5.79. The summed E-state index contributed by atoms with van der Waals surface area (Å²) in [6.45, 7) is 5.20. The van der Waals surface area contributed by atoms with Crippen LogP contribution in [0.3, 0.4) is 0 Å². The Morgan fingerprint density at radius 3 is 3.10 bits per heavy atom. The van der Waals surface area contributed by atoms with E-state index in [9.17, 15) is 0 Å². The third-order valence-electron chi connectivity index (χ3n) is 4.30. The van der Waals surface area contributed by atoms with Gasteiger partial charge in [-0.2, -0.15) is 5.10 Å². The van der Waals surface area contributed by atoms with Crippen LogP contribution in [0.25, 0.3) is 0 Å². The number of rotatable bonds is 5. The van der Waals surface area contributed by atoms with Crippen molar-refractivity contribution in [1.82, 2.24) is 20.8 Å². The van der Waals surface area contributed by atoms with Crippen molar-refractivity contribution in [2.75, 3.05) is 13.1 Å². The Kier molecular flexibility index (Phi) is 4.68. The van der Waals surface area contributed by atoms with Crippen LogP contribution >= 0.6 is 0 Å². The molecule has 0 fully saturated rings. The van der Waals surface area contributed by atoms with Gasteiger partial charge in [-0.3, -0.25) is 5.10 Å². The van der Waals surface area contributed by atoms with Crippen molar-refractivity contribution in [2.45, 2.75) is 38.8 Å². The van der Waals surface area contributed by atoms with Gasteiger partial charge in [0.1, 0.15) is 0 Å². The number of nitrogens with one attached hydrogen (secondary N) is 3. The van der Waals surface area contributed by atoms with Gasteiger partial charge >= 0.3 is 0 Å². The fraction of sp³-hybridized carbons (Fsp3) is 0.471. The minimum absolute atomic E-state index is 0.474. The molecule has 4 heteroatoms.